The van der Waals surface area contributed by atoms with Gasteiger partial charge in [0.15, 0.2) is 0 Å². The van der Waals surface area contributed by atoms with Crippen molar-refractivity contribution in [1.29, 1.82) is 0 Å². The second kappa shape index (κ2) is 5.04. The molecule has 0 spiro atoms. The standard InChI is InChI=1S/C14H20ClN3/c1-9-12(15)17-14(10-7-8-10)18-13(9)16-11-5-3-2-4-6-11/h10-11H,2-8H2,1H3,(H,16,17,18). The first-order valence-corrected chi connectivity index (χ1v) is 7.42. The SMILES string of the molecule is Cc1c(Cl)nc(C2CC2)nc1NC1CCCCC1. The lowest BCUT2D eigenvalue weighted by atomic mass is 9.95. The van der Waals surface area contributed by atoms with Gasteiger partial charge in [0.05, 0.1) is 0 Å². The Hall–Kier alpha value is -0.830. The molecule has 0 saturated heterocycles. The third-order valence-corrected chi connectivity index (χ3v) is 4.36. The first-order chi connectivity index (χ1) is 8.74. The first-order valence-electron chi connectivity index (χ1n) is 7.04. The summed E-state index contributed by atoms with van der Waals surface area (Å²) in [4.78, 5) is 9.09. The van der Waals surface area contributed by atoms with Crippen LogP contribution in [0.1, 0.15) is 62.3 Å². The van der Waals surface area contributed by atoms with Crippen LogP contribution in [0.25, 0.3) is 0 Å². The van der Waals surface area contributed by atoms with Gasteiger partial charge in [-0.05, 0) is 32.6 Å². The first kappa shape index (κ1) is 12.2. The monoisotopic (exact) mass is 265 g/mol. The van der Waals surface area contributed by atoms with Crippen molar-refractivity contribution in [3.05, 3.63) is 16.5 Å². The third-order valence-electron chi connectivity index (χ3n) is 3.99. The van der Waals surface area contributed by atoms with Crippen LogP contribution in [0.15, 0.2) is 0 Å². The van der Waals surface area contributed by atoms with Crippen LogP contribution in [0.5, 0.6) is 0 Å². The summed E-state index contributed by atoms with van der Waals surface area (Å²) in [6, 6.07) is 0.565. The normalized spacial score (nSPS) is 21.0. The van der Waals surface area contributed by atoms with Crippen molar-refractivity contribution < 1.29 is 0 Å². The summed E-state index contributed by atoms with van der Waals surface area (Å²) in [5.74, 6) is 2.45. The Morgan fingerprint density at radius 3 is 2.44 bits per heavy atom. The van der Waals surface area contributed by atoms with Crippen LogP contribution in [-0.4, -0.2) is 16.0 Å². The van der Waals surface area contributed by atoms with Gasteiger partial charge in [-0.3, -0.25) is 0 Å². The Morgan fingerprint density at radius 2 is 1.78 bits per heavy atom. The predicted molar refractivity (Wildman–Crippen MR) is 74.2 cm³/mol. The van der Waals surface area contributed by atoms with E-state index < -0.39 is 0 Å². The number of nitrogens with zero attached hydrogens (tertiary/aromatic N) is 2. The third kappa shape index (κ3) is 2.61. The number of hydrogen-bond donors (Lipinski definition) is 1. The second-order valence-corrected chi connectivity index (χ2v) is 5.96. The fourth-order valence-electron chi connectivity index (χ4n) is 2.61. The predicted octanol–water partition coefficient (Wildman–Crippen LogP) is 4.06. The van der Waals surface area contributed by atoms with Crippen molar-refractivity contribution in [3.8, 4) is 0 Å². The molecule has 1 heterocycles. The zero-order valence-electron chi connectivity index (χ0n) is 10.9. The van der Waals surface area contributed by atoms with Crippen LogP contribution in [-0.2, 0) is 0 Å². The van der Waals surface area contributed by atoms with Crippen molar-refractivity contribution >= 4 is 17.4 Å². The van der Waals surface area contributed by atoms with Crippen LogP contribution >= 0.6 is 11.6 Å². The number of nitrogens with one attached hydrogen (secondary N) is 1. The quantitative estimate of drug-likeness (QED) is 0.838. The molecule has 0 atom stereocenters. The molecular formula is C14H20ClN3. The van der Waals surface area contributed by atoms with Gasteiger partial charge < -0.3 is 5.32 Å². The molecule has 3 nitrogen and oxygen atoms in total. The number of hydrogen-bond acceptors (Lipinski definition) is 3. The van der Waals surface area contributed by atoms with Crippen LogP contribution in [0.4, 0.5) is 5.82 Å². The van der Waals surface area contributed by atoms with Gasteiger partial charge in [-0.25, -0.2) is 9.97 Å². The van der Waals surface area contributed by atoms with Gasteiger partial charge in [-0.2, -0.15) is 0 Å². The zero-order chi connectivity index (χ0) is 12.5. The van der Waals surface area contributed by atoms with E-state index in [1.54, 1.807) is 0 Å². The molecule has 18 heavy (non-hydrogen) atoms. The Kier molecular flexibility index (Phi) is 3.42. The summed E-state index contributed by atoms with van der Waals surface area (Å²) in [6.45, 7) is 2.00. The van der Waals surface area contributed by atoms with E-state index >= 15 is 0 Å². The fourth-order valence-corrected chi connectivity index (χ4v) is 2.79. The molecule has 2 fully saturated rings. The summed E-state index contributed by atoms with van der Waals surface area (Å²) in [5.41, 5.74) is 0.992. The smallest absolute Gasteiger partial charge is 0.137 e. The van der Waals surface area contributed by atoms with E-state index in [4.69, 9.17) is 11.6 Å². The maximum Gasteiger partial charge on any atom is 0.137 e. The van der Waals surface area contributed by atoms with Gasteiger partial charge in [0.2, 0.25) is 0 Å². The van der Waals surface area contributed by atoms with Gasteiger partial charge in [0, 0.05) is 17.5 Å². The highest BCUT2D eigenvalue weighted by atomic mass is 35.5. The van der Waals surface area contributed by atoms with Gasteiger partial charge in [0.25, 0.3) is 0 Å². The molecule has 2 aliphatic rings. The van der Waals surface area contributed by atoms with E-state index in [-0.39, 0.29) is 0 Å². The summed E-state index contributed by atoms with van der Waals surface area (Å²) in [5, 5.41) is 4.19. The van der Waals surface area contributed by atoms with E-state index in [0.717, 1.165) is 17.2 Å². The lowest BCUT2D eigenvalue weighted by molar-refractivity contribution is 0.461. The summed E-state index contributed by atoms with van der Waals surface area (Å²) in [7, 11) is 0. The van der Waals surface area contributed by atoms with Crippen LogP contribution in [0, 0.1) is 6.92 Å². The van der Waals surface area contributed by atoms with E-state index in [0.29, 0.717) is 17.1 Å². The van der Waals surface area contributed by atoms with Crippen LogP contribution in [0.3, 0.4) is 0 Å². The minimum atomic E-state index is 0.551. The number of rotatable bonds is 3. The van der Waals surface area contributed by atoms with Crippen molar-refractivity contribution in [1.82, 2.24) is 9.97 Å². The van der Waals surface area contributed by atoms with E-state index in [9.17, 15) is 0 Å². The largest absolute Gasteiger partial charge is 0.367 e. The van der Waals surface area contributed by atoms with Gasteiger partial charge in [0.1, 0.15) is 16.8 Å². The van der Waals surface area contributed by atoms with Gasteiger partial charge >= 0.3 is 0 Å². The van der Waals surface area contributed by atoms with Crippen LogP contribution < -0.4 is 5.32 Å². The molecule has 1 aromatic rings. The molecule has 0 aromatic carbocycles. The van der Waals surface area contributed by atoms with Crippen molar-refractivity contribution in [2.45, 2.75) is 63.8 Å². The topological polar surface area (TPSA) is 37.8 Å². The average Bonchev–Trinajstić information content (AvgIpc) is 3.20. The lowest BCUT2D eigenvalue weighted by Crippen LogP contribution is -2.23. The molecule has 3 rings (SSSR count). The van der Waals surface area contributed by atoms with Gasteiger partial charge in [-0.15, -0.1) is 0 Å². The minimum absolute atomic E-state index is 0.551. The molecule has 0 radical (unpaired) electrons. The van der Waals surface area contributed by atoms with E-state index in [1.165, 1.54) is 44.9 Å². The lowest BCUT2D eigenvalue weighted by Gasteiger charge is -2.24. The molecule has 0 amide bonds. The molecule has 2 aliphatic carbocycles. The summed E-state index contributed by atoms with van der Waals surface area (Å²) >= 11 is 6.22. The van der Waals surface area contributed by atoms with Gasteiger partial charge in [-0.1, -0.05) is 30.9 Å². The Labute approximate surface area is 113 Å². The number of anilines is 1. The average molecular weight is 266 g/mol. The molecule has 0 aliphatic heterocycles. The summed E-state index contributed by atoms with van der Waals surface area (Å²) in [6.07, 6.45) is 8.94. The van der Waals surface area contributed by atoms with Crippen molar-refractivity contribution in [3.63, 3.8) is 0 Å². The Balaban J connectivity index is 1.80. The molecular weight excluding hydrogens is 246 g/mol. The number of aromatic nitrogens is 2. The molecule has 1 aromatic heterocycles. The fraction of sp³-hybridized carbons (Fsp3) is 0.714. The second-order valence-electron chi connectivity index (χ2n) is 5.60. The van der Waals surface area contributed by atoms with E-state index in [1.807, 2.05) is 6.92 Å². The maximum atomic E-state index is 6.22. The minimum Gasteiger partial charge on any atom is -0.367 e. The van der Waals surface area contributed by atoms with Crippen molar-refractivity contribution in [2.75, 3.05) is 5.32 Å². The highest BCUT2D eigenvalue weighted by molar-refractivity contribution is 6.30. The molecule has 98 valence electrons. The Bertz CT molecular complexity index is 437. The molecule has 2 saturated carbocycles. The molecule has 0 bridgehead atoms. The van der Waals surface area contributed by atoms with Crippen molar-refractivity contribution in [2.24, 2.45) is 0 Å². The van der Waals surface area contributed by atoms with Crippen LogP contribution in [0.2, 0.25) is 5.15 Å². The van der Waals surface area contributed by atoms with E-state index in [2.05, 4.69) is 15.3 Å². The molecule has 4 heteroatoms. The molecule has 0 unspecified atom stereocenters. The highest BCUT2D eigenvalue weighted by Crippen LogP contribution is 2.39. The maximum absolute atomic E-state index is 6.22. The summed E-state index contributed by atoms with van der Waals surface area (Å²) < 4.78 is 0. The highest BCUT2D eigenvalue weighted by Gasteiger charge is 2.28. The molecule has 1 N–H and O–H groups in total. The number of halogens is 1. The zero-order valence-corrected chi connectivity index (χ0v) is 11.6. The Morgan fingerprint density at radius 1 is 1.06 bits per heavy atom.